The molecule has 1 fully saturated rings. The first-order valence-electron chi connectivity index (χ1n) is 8.40. The van der Waals surface area contributed by atoms with Crippen LogP contribution < -0.4 is 0 Å². The largest absolute Gasteiger partial charge is 0.444 e. The van der Waals surface area contributed by atoms with E-state index < -0.39 is 11.3 Å². The number of rotatable bonds is 3. The second-order valence-electron chi connectivity index (χ2n) is 7.68. The zero-order valence-electron chi connectivity index (χ0n) is 16.5. The summed E-state index contributed by atoms with van der Waals surface area (Å²) in [6, 6.07) is -0.153. The van der Waals surface area contributed by atoms with Crippen LogP contribution in [0.3, 0.4) is 0 Å². The maximum atomic E-state index is 12.2. The van der Waals surface area contributed by atoms with Crippen LogP contribution in [0.15, 0.2) is 25.3 Å². The lowest BCUT2D eigenvalue weighted by Crippen LogP contribution is -2.49. The number of amides is 1. The Kier molecular flexibility index (Phi) is 8.19. The van der Waals surface area contributed by atoms with Crippen molar-refractivity contribution in [3.05, 3.63) is 25.3 Å². The minimum Gasteiger partial charge on any atom is -0.444 e. The standard InChI is InChI=1S/C13H23NO3.C6H12O/c1-8-10-9(2)16-13(6,7)14(10)11(15)17-12(3,4)5;1-4-5(2)6(3)7/h8-10H,1H2,2-7H3;4-7H,1H2,2-3H3/t9-,10-;5-,6-/m11/s1. The Morgan fingerprint density at radius 3 is 2.12 bits per heavy atom. The van der Waals surface area contributed by atoms with E-state index in [1.807, 2.05) is 48.5 Å². The smallest absolute Gasteiger partial charge is 0.413 e. The predicted molar refractivity (Wildman–Crippen MR) is 97.7 cm³/mol. The van der Waals surface area contributed by atoms with Gasteiger partial charge in [-0.15, -0.1) is 13.2 Å². The van der Waals surface area contributed by atoms with Crippen LogP contribution in [0.1, 0.15) is 55.4 Å². The third kappa shape index (κ3) is 6.65. The summed E-state index contributed by atoms with van der Waals surface area (Å²) >= 11 is 0. The number of aliphatic hydroxyl groups excluding tert-OH is 1. The summed E-state index contributed by atoms with van der Waals surface area (Å²) < 4.78 is 11.2. The van der Waals surface area contributed by atoms with Gasteiger partial charge in [0.2, 0.25) is 0 Å². The highest BCUT2D eigenvalue weighted by Crippen LogP contribution is 2.33. The van der Waals surface area contributed by atoms with Gasteiger partial charge >= 0.3 is 6.09 Å². The molecule has 24 heavy (non-hydrogen) atoms. The van der Waals surface area contributed by atoms with Gasteiger partial charge in [-0.05, 0) is 54.4 Å². The summed E-state index contributed by atoms with van der Waals surface area (Å²) in [6.07, 6.45) is 2.78. The quantitative estimate of drug-likeness (QED) is 0.784. The minimum atomic E-state index is -0.666. The van der Waals surface area contributed by atoms with Crippen molar-refractivity contribution in [3.8, 4) is 0 Å². The minimum absolute atomic E-state index is 0.0741. The molecule has 4 atom stereocenters. The Bertz CT molecular complexity index is 437. The number of carbonyl (C=O) groups is 1. The Balaban J connectivity index is 0.000000640. The number of hydrogen-bond donors (Lipinski definition) is 1. The van der Waals surface area contributed by atoms with Crippen LogP contribution in [0.4, 0.5) is 4.79 Å². The van der Waals surface area contributed by atoms with E-state index >= 15 is 0 Å². The van der Waals surface area contributed by atoms with Gasteiger partial charge in [-0.1, -0.05) is 19.1 Å². The Morgan fingerprint density at radius 1 is 1.33 bits per heavy atom. The van der Waals surface area contributed by atoms with Gasteiger partial charge in [0.25, 0.3) is 0 Å². The third-order valence-electron chi connectivity index (χ3n) is 3.80. The number of carbonyl (C=O) groups excluding carboxylic acids is 1. The summed E-state index contributed by atoms with van der Waals surface area (Å²) in [5.41, 5.74) is -1.18. The fourth-order valence-corrected chi connectivity index (χ4v) is 2.30. The van der Waals surface area contributed by atoms with Gasteiger partial charge in [0.1, 0.15) is 11.3 Å². The van der Waals surface area contributed by atoms with E-state index in [0.717, 1.165) is 0 Å². The van der Waals surface area contributed by atoms with Crippen molar-refractivity contribution >= 4 is 6.09 Å². The van der Waals surface area contributed by atoms with E-state index in [1.54, 1.807) is 24.0 Å². The molecule has 0 radical (unpaired) electrons. The zero-order valence-corrected chi connectivity index (χ0v) is 16.5. The van der Waals surface area contributed by atoms with Gasteiger partial charge in [-0.25, -0.2) is 4.79 Å². The summed E-state index contributed by atoms with van der Waals surface area (Å²) in [7, 11) is 0. The third-order valence-corrected chi connectivity index (χ3v) is 3.80. The lowest BCUT2D eigenvalue weighted by molar-refractivity contribution is -0.0751. The highest BCUT2D eigenvalue weighted by atomic mass is 16.6. The lowest BCUT2D eigenvalue weighted by Gasteiger charge is -2.34. The topological polar surface area (TPSA) is 59.0 Å². The average molecular weight is 341 g/mol. The van der Waals surface area contributed by atoms with E-state index in [-0.39, 0.29) is 30.3 Å². The predicted octanol–water partition coefficient (Wildman–Crippen LogP) is 4.12. The maximum absolute atomic E-state index is 12.2. The molecule has 5 heteroatoms. The number of ether oxygens (including phenoxy) is 2. The van der Waals surface area contributed by atoms with Gasteiger partial charge in [-0.3, -0.25) is 4.90 Å². The Morgan fingerprint density at radius 2 is 1.83 bits per heavy atom. The molecule has 0 aromatic rings. The molecule has 1 rings (SSSR count). The second kappa shape index (κ2) is 8.67. The molecule has 0 bridgehead atoms. The normalized spacial score (nSPS) is 25.1. The van der Waals surface area contributed by atoms with Crippen LogP contribution in [-0.2, 0) is 9.47 Å². The zero-order chi connectivity index (χ0) is 19.3. The first-order chi connectivity index (χ1) is 10.8. The molecule has 1 saturated heterocycles. The summed E-state index contributed by atoms with van der Waals surface area (Å²) in [6.45, 7) is 22.2. The number of nitrogens with zero attached hydrogens (tertiary/aromatic N) is 1. The molecular formula is C19H35NO4. The van der Waals surface area contributed by atoms with Crippen LogP contribution in [0.5, 0.6) is 0 Å². The first kappa shape index (κ1) is 22.7. The molecule has 1 amide bonds. The van der Waals surface area contributed by atoms with Gasteiger partial charge in [-0.2, -0.15) is 0 Å². The highest BCUT2D eigenvalue weighted by Gasteiger charge is 2.48. The lowest BCUT2D eigenvalue weighted by atomic mass is 10.1. The maximum Gasteiger partial charge on any atom is 0.413 e. The number of aliphatic hydroxyl groups is 1. The van der Waals surface area contributed by atoms with Crippen molar-refractivity contribution in [1.29, 1.82) is 0 Å². The van der Waals surface area contributed by atoms with Crippen LogP contribution >= 0.6 is 0 Å². The van der Waals surface area contributed by atoms with Crippen LogP contribution in [-0.4, -0.2) is 45.7 Å². The molecule has 140 valence electrons. The van der Waals surface area contributed by atoms with Crippen LogP contribution in [0.25, 0.3) is 0 Å². The van der Waals surface area contributed by atoms with Gasteiger partial charge < -0.3 is 14.6 Å². The number of hydrogen-bond acceptors (Lipinski definition) is 4. The average Bonchev–Trinajstić information content (AvgIpc) is 2.64. The van der Waals surface area contributed by atoms with Crippen LogP contribution in [0.2, 0.25) is 0 Å². The fourth-order valence-electron chi connectivity index (χ4n) is 2.30. The molecule has 1 N–H and O–H groups in total. The van der Waals surface area contributed by atoms with E-state index in [2.05, 4.69) is 13.2 Å². The van der Waals surface area contributed by atoms with E-state index in [0.29, 0.717) is 0 Å². The first-order valence-corrected chi connectivity index (χ1v) is 8.40. The molecule has 0 aromatic heterocycles. The van der Waals surface area contributed by atoms with E-state index in [1.165, 1.54) is 0 Å². The van der Waals surface area contributed by atoms with Crippen molar-refractivity contribution in [2.75, 3.05) is 0 Å². The molecule has 1 aliphatic heterocycles. The second-order valence-corrected chi connectivity index (χ2v) is 7.68. The summed E-state index contributed by atoms with van der Waals surface area (Å²) in [4.78, 5) is 13.8. The Hall–Kier alpha value is -1.33. The molecule has 1 aliphatic rings. The van der Waals surface area contributed by atoms with Gasteiger partial charge in [0.15, 0.2) is 0 Å². The van der Waals surface area contributed by atoms with Crippen molar-refractivity contribution in [2.24, 2.45) is 5.92 Å². The van der Waals surface area contributed by atoms with Crippen molar-refractivity contribution < 1.29 is 19.4 Å². The molecule has 0 unspecified atom stereocenters. The monoisotopic (exact) mass is 341 g/mol. The fraction of sp³-hybridized carbons (Fsp3) is 0.737. The van der Waals surface area contributed by atoms with Crippen molar-refractivity contribution in [3.63, 3.8) is 0 Å². The highest BCUT2D eigenvalue weighted by molar-refractivity contribution is 5.70. The van der Waals surface area contributed by atoms with Crippen LogP contribution in [0, 0.1) is 5.92 Å². The molecule has 0 aliphatic carbocycles. The SMILES string of the molecule is C=C[C@@H](C)[C@@H](C)O.C=C[C@@H]1[C@@H](C)OC(C)(C)N1C(=O)OC(C)(C)C. The molecular weight excluding hydrogens is 306 g/mol. The molecule has 0 saturated carbocycles. The molecule has 5 nitrogen and oxygen atoms in total. The van der Waals surface area contributed by atoms with Gasteiger partial charge in [0, 0.05) is 0 Å². The summed E-state index contributed by atoms with van der Waals surface area (Å²) in [5.74, 6) is 0.222. The Labute approximate surface area is 147 Å². The van der Waals surface area contributed by atoms with E-state index in [9.17, 15) is 4.79 Å². The van der Waals surface area contributed by atoms with Crippen molar-refractivity contribution in [2.45, 2.75) is 85.0 Å². The van der Waals surface area contributed by atoms with Gasteiger partial charge in [0.05, 0.1) is 18.2 Å². The van der Waals surface area contributed by atoms with E-state index in [4.69, 9.17) is 14.6 Å². The molecule has 1 heterocycles. The van der Waals surface area contributed by atoms with Crippen molar-refractivity contribution in [1.82, 2.24) is 4.90 Å². The molecule has 0 aromatic carbocycles. The molecule has 0 spiro atoms. The summed E-state index contributed by atoms with van der Waals surface area (Å²) in [5, 5.41) is 8.75.